The molecule has 2 rings (SSSR count). The average molecular weight is 251 g/mol. The predicted molar refractivity (Wildman–Crippen MR) is 68.4 cm³/mol. The summed E-state index contributed by atoms with van der Waals surface area (Å²) in [5.41, 5.74) is 11.7. The molecule has 1 aliphatic rings. The van der Waals surface area contributed by atoms with Gasteiger partial charge in [0.05, 0.1) is 11.1 Å². The molecular formula is C13H18FN3O. The third-order valence-corrected chi connectivity index (χ3v) is 3.67. The van der Waals surface area contributed by atoms with Gasteiger partial charge in [0, 0.05) is 19.6 Å². The topological polar surface area (TPSA) is 72.4 Å². The van der Waals surface area contributed by atoms with Crippen molar-refractivity contribution < 1.29 is 9.18 Å². The van der Waals surface area contributed by atoms with Gasteiger partial charge >= 0.3 is 0 Å². The monoisotopic (exact) mass is 251 g/mol. The van der Waals surface area contributed by atoms with Gasteiger partial charge in [-0.1, -0.05) is 12.1 Å². The fourth-order valence-electron chi connectivity index (χ4n) is 2.43. The third-order valence-electron chi connectivity index (χ3n) is 3.67. The average Bonchev–Trinajstić information content (AvgIpc) is 2.72. The fraction of sp³-hybridized carbons (Fsp3) is 0.462. The van der Waals surface area contributed by atoms with Crippen LogP contribution < -0.4 is 16.4 Å². The molecule has 0 bridgehead atoms. The first-order valence-corrected chi connectivity index (χ1v) is 6.00. The second-order valence-corrected chi connectivity index (χ2v) is 5.05. The van der Waals surface area contributed by atoms with Crippen LogP contribution >= 0.6 is 0 Å². The number of primary amides is 1. The van der Waals surface area contributed by atoms with Crippen molar-refractivity contribution in [3.63, 3.8) is 0 Å². The van der Waals surface area contributed by atoms with E-state index in [-0.39, 0.29) is 18.3 Å². The van der Waals surface area contributed by atoms with E-state index in [2.05, 4.69) is 0 Å². The van der Waals surface area contributed by atoms with Crippen molar-refractivity contribution in [1.82, 2.24) is 0 Å². The summed E-state index contributed by atoms with van der Waals surface area (Å²) in [6.45, 7) is 3.15. The molecule has 98 valence electrons. The van der Waals surface area contributed by atoms with Crippen LogP contribution in [-0.2, 0) is 11.3 Å². The second kappa shape index (κ2) is 4.57. The fourth-order valence-corrected chi connectivity index (χ4v) is 2.43. The highest BCUT2D eigenvalue weighted by Crippen LogP contribution is 2.35. The molecule has 0 aliphatic carbocycles. The number of para-hydroxylation sites is 1. The molecule has 1 aromatic rings. The molecule has 1 amide bonds. The summed E-state index contributed by atoms with van der Waals surface area (Å²) in [5, 5.41) is 0. The predicted octanol–water partition coefficient (Wildman–Crippen LogP) is 0.986. The number of benzene rings is 1. The van der Waals surface area contributed by atoms with Crippen LogP contribution in [0, 0.1) is 11.2 Å². The van der Waals surface area contributed by atoms with E-state index in [1.165, 1.54) is 6.07 Å². The van der Waals surface area contributed by atoms with Gasteiger partial charge < -0.3 is 16.4 Å². The van der Waals surface area contributed by atoms with Gasteiger partial charge in [-0.25, -0.2) is 4.39 Å². The first kappa shape index (κ1) is 12.8. The highest BCUT2D eigenvalue weighted by molar-refractivity contribution is 5.82. The van der Waals surface area contributed by atoms with Gasteiger partial charge in [0.1, 0.15) is 5.82 Å². The number of nitrogens with two attached hydrogens (primary N) is 2. The van der Waals surface area contributed by atoms with Crippen molar-refractivity contribution in [3.05, 3.63) is 29.6 Å². The van der Waals surface area contributed by atoms with E-state index >= 15 is 0 Å². The molecule has 0 radical (unpaired) electrons. The number of anilines is 1. The normalized spacial score (nSPS) is 23.4. The second-order valence-electron chi connectivity index (χ2n) is 5.05. The summed E-state index contributed by atoms with van der Waals surface area (Å²) in [7, 11) is 0. The summed E-state index contributed by atoms with van der Waals surface area (Å²) in [5.74, 6) is -0.637. The van der Waals surface area contributed by atoms with Crippen molar-refractivity contribution >= 4 is 11.6 Å². The maximum Gasteiger partial charge on any atom is 0.225 e. The van der Waals surface area contributed by atoms with E-state index in [9.17, 15) is 9.18 Å². The number of amides is 1. The third kappa shape index (κ3) is 2.06. The van der Waals surface area contributed by atoms with Gasteiger partial charge in [-0.05, 0) is 25.0 Å². The van der Waals surface area contributed by atoms with E-state index in [0.29, 0.717) is 25.2 Å². The Balaban J connectivity index is 2.32. The Kier molecular flexibility index (Phi) is 3.26. The largest absolute Gasteiger partial charge is 0.369 e. The zero-order chi connectivity index (χ0) is 13.3. The van der Waals surface area contributed by atoms with Crippen molar-refractivity contribution in [2.75, 3.05) is 18.0 Å². The number of hydrogen-bond acceptors (Lipinski definition) is 3. The molecule has 18 heavy (non-hydrogen) atoms. The van der Waals surface area contributed by atoms with E-state index in [0.717, 1.165) is 5.56 Å². The van der Waals surface area contributed by atoms with Crippen molar-refractivity contribution in [3.8, 4) is 0 Å². The van der Waals surface area contributed by atoms with Crippen LogP contribution in [0.25, 0.3) is 0 Å². The van der Waals surface area contributed by atoms with Crippen LogP contribution in [0.3, 0.4) is 0 Å². The van der Waals surface area contributed by atoms with Gasteiger partial charge in [0.15, 0.2) is 0 Å². The Hall–Kier alpha value is -1.62. The Morgan fingerprint density at radius 3 is 2.83 bits per heavy atom. The van der Waals surface area contributed by atoms with Gasteiger partial charge in [-0.2, -0.15) is 0 Å². The Labute approximate surface area is 106 Å². The number of hydrogen-bond donors (Lipinski definition) is 2. The van der Waals surface area contributed by atoms with Crippen LogP contribution in [0.5, 0.6) is 0 Å². The summed E-state index contributed by atoms with van der Waals surface area (Å²) >= 11 is 0. The number of halogens is 1. The number of carbonyl (C=O) groups excluding carboxylic acids is 1. The van der Waals surface area contributed by atoms with Gasteiger partial charge in [-0.3, -0.25) is 4.79 Å². The molecule has 4 nitrogen and oxygen atoms in total. The van der Waals surface area contributed by atoms with Crippen LogP contribution in [0.15, 0.2) is 18.2 Å². The standard InChI is InChI=1S/C13H18FN3O/c1-13(12(16)18)5-6-17(8-13)11-9(7-15)3-2-4-10(11)14/h2-4H,5-8,15H2,1H3,(H2,16,18). The molecule has 0 spiro atoms. The summed E-state index contributed by atoms with van der Waals surface area (Å²) in [4.78, 5) is 13.3. The molecule has 0 saturated carbocycles. The summed E-state index contributed by atoms with van der Waals surface area (Å²) in [6, 6.07) is 4.86. The van der Waals surface area contributed by atoms with Crippen LogP contribution in [-0.4, -0.2) is 19.0 Å². The minimum atomic E-state index is -0.589. The maximum atomic E-state index is 13.9. The van der Waals surface area contributed by atoms with Gasteiger partial charge in [0.2, 0.25) is 5.91 Å². The van der Waals surface area contributed by atoms with Crippen molar-refractivity contribution in [2.24, 2.45) is 16.9 Å². The lowest BCUT2D eigenvalue weighted by atomic mass is 9.89. The number of carbonyl (C=O) groups is 1. The van der Waals surface area contributed by atoms with E-state index in [1.54, 1.807) is 12.1 Å². The minimum Gasteiger partial charge on any atom is -0.369 e. The molecule has 4 N–H and O–H groups in total. The van der Waals surface area contributed by atoms with E-state index in [1.807, 2.05) is 11.8 Å². The molecule has 1 heterocycles. The molecular weight excluding hydrogens is 233 g/mol. The van der Waals surface area contributed by atoms with Crippen molar-refractivity contribution in [1.29, 1.82) is 0 Å². The molecule has 1 saturated heterocycles. The Bertz CT molecular complexity index is 477. The first-order chi connectivity index (χ1) is 8.48. The smallest absolute Gasteiger partial charge is 0.225 e. The summed E-state index contributed by atoms with van der Waals surface area (Å²) in [6.07, 6.45) is 0.640. The van der Waals surface area contributed by atoms with Gasteiger partial charge in [-0.15, -0.1) is 0 Å². The number of nitrogens with zero attached hydrogens (tertiary/aromatic N) is 1. The molecule has 1 aliphatic heterocycles. The molecule has 1 aromatic carbocycles. The molecule has 5 heteroatoms. The highest BCUT2D eigenvalue weighted by Gasteiger charge is 2.40. The quantitative estimate of drug-likeness (QED) is 0.841. The zero-order valence-corrected chi connectivity index (χ0v) is 10.4. The molecule has 0 aromatic heterocycles. The minimum absolute atomic E-state index is 0.275. The zero-order valence-electron chi connectivity index (χ0n) is 10.4. The van der Waals surface area contributed by atoms with Gasteiger partial charge in [0.25, 0.3) is 0 Å². The maximum absolute atomic E-state index is 13.9. The lowest BCUT2D eigenvalue weighted by Gasteiger charge is -2.24. The van der Waals surface area contributed by atoms with Crippen LogP contribution in [0.4, 0.5) is 10.1 Å². The number of rotatable bonds is 3. The highest BCUT2D eigenvalue weighted by atomic mass is 19.1. The lowest BCUT2D eigenvalue weighted by molar-refractivity contribution is -0.125. The van der Waals surface area contributed by atoms with Crippen LogP contribution in [0.1, 0.15) is 18.9 Å². The molecule has 1 fully saturated rings. The Morgan fingerprint density at radius 2 is 2.28 bits per heavy atom. The lowest BCUT2D eigenvalue weighted by Crippen LogP contribution is -2.37. The molecule has 1 atom stereocenters. The Morgan fingerprint density at radius 1 is 1.56 bits per heavy atom. The SMILES string of the molecule is CC1(C(N)=O)CCN(c2c(F)cccc2CN)C1. The van der Waals surface area contributed by atoms with Crippen molar-refractivity contribution in [2.45, 2.75) is 19.9 Å². The summed E-state index contributed by atoms with van der Waals surface area (Å²) < 4.78 is 13.9. The first-order valence-electron chi connectivity index (χ1n) is 6.00. The van der Waals surface area contributed by atoms with E-state index < -0.39 is 5.41 Å². The van der Waals surface area contributed by atoms with Crippen LogP contribution in [0.2, 0.25) is 0 Å². The molecule has 1 unspecified atom stereocenters. The van der Waals surface area contributed by atoms with E-state index in [4.69, 9.17) is 11.5 Å².